The Bertz CT molecular complexity index is 2150. The molecule has 7 aliphatic rings. The Kier molecular flexibility index (Phi) is 21.7. The molecule has 1 saturated heterocycles. The summed E-state index contributed by atoms with van der Waals surface area (Å²) in [6, 6.07) is -0.697. The van der Waals surface area contributed by atoms with E-state index in [9.17, 15) is 55.5 Å². The molecule has 74 heavy (non-hydrogen) atoms. The number of carbonyl (C=O) groups is 2. The zero-order valence-corrected chi connectivity index (χ0v) is 44.1. The maximum absolute atomic E-state index is 14.8. The molecule has 0 spiro atoms. The van der Waals surface area contributed by atoms with E-state index in [0.717, 1.165) is 0 Å². The van der Waals surface area contributed by atoms with E-state index in [1.807, 2.05) is 6.08 Å². The van der Waals surface area contributed by atoms with Gasteiger partial charge in [0.2, 0.25) is 12.1 Å². The first kappa shape index (κ1) is 58.5. The Balaban J connectivity index is 1.42. The number of carbonyl (C=O) groups excluding carboxylic acids is 1. The van der Waals surface area contributed by atoms with E-state index in [4.69, 9.17) is 35.2 Å². The maximum atomic E-state index is 14.8. The number of aliphatic hydroxyl groups excluding tert-OH is 6. The molecule has 6 heterocycles. The highest BCUT2D eigenvalue weighted by Gasteiger charge is 2.58. The molecular weight excluding hydrogens is 1050 g/mol. The number of nitrogens with one attached hydrogen (secondary N) is 4. The fourth-order valence-corrected chi connectivity index (χ4v) is 17.0. The predicted octanol–water partition coefficient (Wildman–Crippen LogP) is -3.44. The summed E-state index contributed by atoms with van der Waals surface area (Å²) >= 11 is 0. The Morgan fingerprint density at radius 2 is 1.91 bits per heavy atom. The van der Waals surface area contributed by atoms with Gasteiger partial charge in [-0.25, -0.2) is 9.59 Å². The van der Waals surface area contributed by atoms with Crippen LogP contribution in [0.2, 0.25) is 0 Å². The molecule has 7 rings (SSSR count). The van der Waals surface area contributed by atoms with Crippen molar-refractivity contribution in [2.75, 3.05) is 71.2 Å². The largest absolute Gasteiger partial charge is 0.477 e. The van der Waals surface area contributed by atoms with Crippen molar-refractivity contribution in [1.29, 1.82) is 0 Å². The highest BCUT2D eigenvalue weighted by atomic mass is 33.1. The van der Waals surface area contributed by atoms with Gasteiger partial charge in [0.1, 0.15) is 48.9 Å². The van der Waals surface area contributed by atoms with Crippen LogP contribution in [0.15, 0.2) is 69.2 Å². The summed E-state index contributed by atoms with van der Waals surface area (Å²) in [6.07, 6.45) is 1.58. The van der Waals surface area contributed by atoms with E-state index in [1.165, 1.54) is 24.1 Å². The van der Waals surface area contributed by atoms with Gasteiger partial charge in [-0.3, -0.25) is 20.2 Å². The fraction of sp³-hybridized carbons (Fsp3) is 0.696. The molecule has 16 atom stereocenters. The lowest BCUT2D eigenvalue weighted by atomic mass is 9.82. The van der Waals surface area contributed by atoms with Crippen LogP contribution in [0.1, 0.15) is 32.1 Å². The van der Waals surface area contributed by atoms with Crippen LogP contribution in [0.25, 0.3) is 0 Å². The van der Waals surface area contributed by atoms with Crippen LogP contribution in [0.4, 0.5) is 0 Å². The number of carboxylic acid groups (broad SMARTS) is 1. The normalized spacial score (nSPS) is 36.2. The summed E-state index contributed by atoms with van der Waals surface area (Å²) in [5.41, 5.74) is 12.9. The first-order chi connectivity index (χ1) is 35.6. The van der Waals surface area contributed by atoms with Gasteiger partial charge in [0.05, 0.1) is 48.5 Å². The molecular formula is C46H71N8O16S4+. The average Bonchev–Trinajstić information content (AvgIpc) is 3.76. The Labute approximate surface area is 444 Å². The summed E-state index contributed by atoms with van der Waals surface area (Å²) < 4.78 is 30.9. The Morgan fingerprint density at radius 1 is 1.09 bits per heavy atom. The molecule has 2 fully saturated rings. The summed E-state index contributed by atoms with van der Waals surface area (Å²) in [6.45, 7) is -1.42. The second-order valence-corrected chi connectivity index (χ2v) is 24.1. The molecule has 4 bridgehead atoms. The number of nitrogens with two attached hydrogens (primary N) is 2. The topological polar surface area (TPSA) is 380 Å². The highest BCUT2D eigenvalue weighted by Crippen LogP contribution is 2.47. The van der Waals surface area contributed by atoms with Gasteiger partial charge < -0.3 is 91.7 Å². The summed E-state index contributed by atoms with van der Waals surface area (Å²) in [5.74, 6) is -6.60. The van der Waals surface area contributed by atoms with Gasteiger partial charge in [0.15, 0.2) is 24.3 Å². The van der Waals surface area contributed by atoms with Crippen LogP contribution in [0.5, 0.6) is 0 Å². The Morgan fingerprint density at radius 3 is 2.61 bits per heavy atom. The molecule has 1 saturated carbocycles. The minimum Gasteiger partial charge on any atom is -0.477 e. The number of hydrogen-bond acceptors (Lipinski definition) is 24. The third-order valence-electron chi connectivity index (χ3n) is 14.2. The number of nitrogens with zero attached hydrogens (tertiary/aromatic N) is 2. The zero-order chi connectivity index (χ0) is 53.1. The van der Waals surface area contributed by atoms with Crippen LogP contribution >= 0.6 is 43.2 Å². The highest BCUT2D eigenvalue weighted by molar-refractivity contribution is 8.78. The van der Waals surface area contributed by atoms with E-state index in [1.54, 1.807) is 56.8 Å². The van der Waals surface area contributed by atoms with Gasteiger partial charge in [0.25, 0.3) is 0 Å². The van der Waals surface area contributed by atoms with Crippen molar-refractivity contribution in [3.8, 4) is 0 Å². The number of likely N-dealkylation sites (N-methyl/N-ethyl adjacent to an activating group) is 1. The van der Waals surface area contributed by atoms with Crippen molar-refractivity contribution in [3.05, 3.63) is 59.2 Å². The lowest BCUT2D eigenvalue weighted by Crippen LogP contribution is -3.14. The van der Waals surface area contributed by atoms with Gasteiger partial charge in [-0.1, -0.05) is 67.5 Å². The van der Waals surface area contributed by atoms with E-state index < -0.39 is 92.0 Å². The SMILES string of the molecule is CNC(CO)OC1C(OC2OC=C3C(=O)OC4CCC(CO)C4CSSC4C(CC5CCN=C(N)N5)SSCC=CC2C3C=CC2=C(NC(N)=NCCCO)C(C(=O)O)=C[NH+](C2)C4CO)OC(CO)C(O)C1(O)O. The number of rotatable bonds is 16. The lowest BCUT2D eigenvalue weighted by Gasteiger charge is -2.48. The summed E-state index contributed by atoms with van der Waals surface area (Å²) in [5, 5.41) is 105. The minimum absolute atomic E-state index is 0.0305. The number of aliphatic carboxylic acids is 1. The van der Waals surface area contributed by atoms with Crippen LogP contribution in [-0.4, -0.2) is 213 Å². The molecule has 6 aliphatic heterocycles. The first-order valence-corrected chi connectivity index (χ1v) is 29.4. The number of ether oxygens (including phenoxy) is 5. The second kappa shape index (κ2) is 27.4. The second-order valence-electron chi connectivity index (χ2n) is 18.9. The number of guanidine groups is 2. The third kappa shape index (κ3) is 13.9. The summed E-state index contributed by atoms with van der Waals surface area (Å²) in [7, 11) is 7.70. The van der Waals surface area contributed by atoms with Crippen molar-refractivity contribution in [2.24, 2.45) is 45.1 Å². The van der Waals surface area contributed by atoms with Crippen molar-refractivity contribution in [3.63, 3.8) is 0 Å². The molecule has 17 N–H and O–H groups in total. The van der Waals surface area contributed by atoms with Crippen LogP contribution < -0.4 is 32.3 Å². The number of allylic oxidation sites excluding steroid dienone is 1. The number of carboxylic acids is 1. The van der Waals surface area contributed by atoms with E-state index >= 15 is 0 Å². The van der Waals surface area contributed by atoms with E-state index in [0.29, 0.717) is 66.6 Å². The number of aliphatic imine (C=N–C) groups is 2. The number of fused-ring (bicyclic) bond motifs is 2. The molecule has 16 unspecified atom stereocenters. The van der Waals surface area contributed by atoms with E-state index in [-0.39, 0.29) is 84.1 Å². The standard InChI is InChI=1S/C46H70N8O16S4/c1-49-35(20-59)69-39-43(68-33(19-58)38(60)46(39,64)65)70-42-27-4-2-13-71-73-34(14-25-9-11-51-44(47)52-25)37-31(18-57)54-15-23(36(28(16-54)40(61)62)53-45(48)50-10-3-12-55)5-7-26(27)29(21-66-42)41(63)67-32-8-6-24(17-56)30(32)22-72-74-37/h2,4-5,7,16,21,24-27,30-35,37-39,42-43,49,55-60,64-65H,3,6,8-15,17-20,22H2,1H3,(H,61,62)(H3,47,51,52)(H3,48,50,53)/p+1. The van der Waals surface area contributed by atoms with Crippen molar-refractivity contribution >= 4 is 67.0 Å². The molecule has 28 heteroatoms. The molecule has 414 valence electrons. The molecule has 0 amide bonds. The number of hydrogen-bond donors (Lipinski definition) is 15. The van der Waals surface area contributed by atoms with Crippen LogP contribution in [0.3, 0.4) is 0 Å². The van der Waals surface area contributed by atoms with Crippen molar-refractivity contribution in [1.82, 2.24) is 16.0 Å². The predicted molar refractivity (Wildman–Crippen MR) is 277 cm³/mol. The minimum atomic E-state index is -3.12. The molecule has 24 nitrogen and oxygen atoms in total. The molecule has 0 radical (unpaired) electrons. The van der Waals surface area contributed by atoms with Gasteiger partial charge in [0, 0.05) is 66.5 Å². The number of quaternary nitrogens is 1. The van der Waals surface area contributed by atoms with Gasteiger partial charge >= 0.3 is 11.9 Å². The summed E-state index contributed by atoms with van der Waals surface area (Å²) in [4.78, 5) is 37.6. The van der Waals surface area contributed by atoms with Crippen LogP contribution in [0, 0.1) is 23.7 Å². The lowest BCUT2D eigenvalue weighted by molar-refractivity contribution is -0.870. The monoisotopic (exact) mass is 1120 g/mol. The maximum Gasteiger partial charge on any atom is 0.343 e. The van der Waals surface area contributed by atoms with Gasteiger partial charge in [-0.15, -0.1) is 0 Å². The van der Waals surface area contributed by atoms with Crippen molar-refractivity contribution < 1.29 is 84.1 Å². The molecule has 0 aromatic carbocycles. The fourth-order valence-electron chi connectivity index (χ4n) is 10.1. The molecule has 0 aromatic rings. The molecule has 0 aromatic heterocycles. The Hall–Kier alpha value is -3.14. The third-order valence-corrected chi connectivity index (χ3v) is 20.1. The average molecular weight is 1120 g/mol. The van der Waals surface area contributed by atoms with Gasteiger partial charge in [-0.2, -0.15) is 0 Å². The van der Waals surface area contributed by atoms with Gasteiger partial charge in [-0.05, 0) is 45.1 Å². The van der Waals surface area contributed by atoms with Crippen LogP contribution in [-0.2, 0) is 33.3 Å². The smallest absolute Gasteiger partial charge is 0.343 e. The number of esters is 1. The first-order valence-electron chi connectivity index (χ1n) is 24.6. The molecule has 1 aliphatic carbocycles. The quantitative estimate of drug-likeness (QED) is 0.0136. The van der Waals surface area contributed by atoms with E-state index in [2.05, 4.69) is 25.9 Å². The zero-order valence-electron chi connectivity index (χ0n) is 40.8. The van der Waals surface area contributed by atoms with Crippen molar-refractivity contribution in [2.45, 2.75) is 104 Å². The number of aliphatic hydroxyl groups is 8.